The second-order valence-corrected chi connectivity index (χ2v) is 5.68. The molecule has 2 aromatic carbocycles. The summed E-state index contributed by atoms with van der Waals surface area (Å²) in [5.41, 5.74) is 0.646. The summed E-state index contributed by atoms with van der Waals surface area (Å²) in [4.78, 5) is 23.5. The van der Waals surface area contributed by atoms with Crippen LogP contribution in [0.5, 0.6) is 5.75 Å². The predicted molar refractivity (Wildman–Crippen MR) is 85.9 cm³/mol. The number of amides is 1. The molecule has 0 aromatic heterocycles. The average molecular weight is 382 g/mol. The number of aromatic hydroxyl groups is 1. The van der Waals surface area contributed by atoms with Crippen molar-refractivity contribution in [3.63, 3.8) is 0 Å². The van der Waals surface area contributed by atoms with Gasteiger partial charge in [0.1, 0.15) is 17.1 Å². The zero-order valence-corrected chi connectivity index (χ0v) is 13.7. The van der Waals surface area contributed by atoms with Gasteiger partial charge in [-0.2, -0.15) is 0 Å². The van der Waals surface area contributed by atoms with Crippen LogP contribution in [0.4, 0.5) is 10.1 Å². The van der Waals surface area contributed by atoms with Crippen LogP contribution in [-0.4, -0.2) is 23.6 Å². The molecule has 23 heavy (non-hydrogen) atoms. The van der Waals surface area contributed by atoms with Gasteiger partial charge in [0.25, 0.3) is 5.91 Å². The van der Waals surface area contributed by atoms with E-state index in [0.717, 1.165) is 5.56 Å². The molecule has 7 heteroatoms. The molecule has 0 saturated carbocycles. The lowest BCUT2D eigenvalue weighted by molar-refractivity contribution is -0.119. The van der Waals surface area contributed by atoms with E-state index in [0.29, 0.717) is 4.47 Å². The first-order chi connectivity index (χ1) is 10.9. The zero-order valence-electron chi connectivity index (χ0n) is 12.1. The Kier molecular flexibility index (Phi) is 5.33. The van der Waals surface area contributed by atoms with E-state index in [2.05, 4.69) is 21.2 Å². The Morgan fingerprint density at radius 2 is 2.00 bits per heavy atom. The minimum Gasteiger partial charge on any atom is -0.507 e. The number of benzene rings is 2. The Balaban J connectivity index is 1.96. The highest BCUT2D eigenvalue weighted by atomic mass is 79.9. The summed E-state index contributed by atoms with van der Waals surface area (Å²) in [6.07, 6.45) is 0. The van der Waals surface area contributed by atoms with Crippen molar-refractivity contribution < 1.29 is 23.8 Å². The van der Waals surface area contributed by atoms with Gasteiger partial charge in [0.15, 0.2) is 6.61 Å². The van der Waals surface area contributed by atoms with Crippen molar-refractivity contribution in [1.29, 1.82) is 0 Å². The zero-order chi connectivity index (χ0) is 17.0. The van der Waals surface area contributed by atoms with E-state index in [1.54, 1.807) is 19.1 Å². The van der Waals surface area contributed by atoms with E-state index in [-0.39, 0.29) is 17.0 Å². The second kappa shape index (κ2) is 7.23. The van der Waals surface area contributed by atoms with Crippen LogP contribution in [0, 0.1) is 12.7 Å². The second-order valence-electron chi connectivity index (χ2n) is 4.77. The van der Waals surface area contributed by atoms with Crippen LogP contribution >= 0.6 is 15.9 Å². The number of phenolic OH excluding ortho intramolecular Hbond substituents is 1. The van der Waals surface area contributed by atoms with Crippen molar-refractivity contribution in [2.24, 2.45) is 0 Å². The topological polar surface area (TPSA) is 75.6 Å². The van der Waals surface area contributed by atoms with Gasteiger partial charge < -0.3 is 15.2 Å². The molecular formula is C16H13BrFNO4. The highest BCUT2D eigenvalue weighted by molar-refractivity contribution is 9.10. The third kappa shape index (κ3) is 4.53. The van der Waals surface area contributed by atoms with Gasteiger partial charge in [-0.25, -0.2) is 9.18 Å². The molecule has 0 unspecified atom stereocenters. The Labute approximate surface area is 140 Å². The number of ether oxygens (including phenoxy) is 1. The van der Waals surface area contributed by atoms with Crippen molar-refractivity contribution in [2.45, 2.75) is 6.92 Å². The minimum absolute atomic E-state index is 0.00181. The number of rotatable bonds is 4. The highest BCUT2D eigenvalue weighted by Gasteiger charge is 2.15. The molecule has 0 saturated heterocycles. The number of carbonyl (C=O) groups excluding carboxylic acids is 2. The number of hydrogen-bond acceptors (Lipinski definition) is 4. The lowest BCUT2D eigenvalue weighted by Gasteiger charge is -2.09. The van der Waals surface area contributed by atoms with Crippen LogP contribution in [0.15, 0.2) is 40.9 Å². The summed E-state index contributed by atoms with van der Waals surface area (Å²) in [5.74, 6) is -2.38. The molecule has 0 heterocycles. The Bertz CT molecular complexity index is 764. The molecule has 1 amide bonds. The molecule has 0 fully saturated rings. The van der Waals surface area contributed by atoms with Gasteiger partial charge in [-0.15, -0.1) is 0 Å². The van der Waals surface area contributed by atoms with Crippen LogP contribution in [0.25, 0.3) is 0 Å². The fourth-order valence-corrected chi connectivity index (χ4v) is 2.15. The third-order valence-electron chi connectivity index (χ3n) is 2.91. The van der Waals surface area contributed by atoms with Gasteiger partial charge in [0.2, 0.25) is 0 Å². The summed E-state index contributed by atoms with van der Waals surface area (Å²) >= 11 is 3.16. The van der Waals surface area contributed by atoms with Crippen LogP contribution in [0.1, 0.15) is 15.9 Å². The maximum Gasteiger partial charge on any atom is 0.342 e. The lowest BCUT2D eigenvalue weighted by atomic mass is 10.2. The van der Waals surface area contributed by atoms with E-state index in [9.17, 15) is 19.1 Å². The average Bonchev–Trinajstić information content (AvgIpc) is 2.50. The smallest absolute Gasteiger partial charge is 0.342 e. The fourth-order valence-electron chi connectivity index (χ4n) is 1.79. The summed E-state index contributed by atoms with van der Waals surface area (Å²) in [6, 6.07) is 8.59. The first-order valence-electron chi connectivity index (χ1n) is 6.58. The molecule has 2 N–H and O–H groups in total. The van der Waals surface area contributed by atoms with Gasteiger partial charge in [-0.3, -0.25) is 4.79 Å². The highest BCUT2D eigenvalue weighted by Crippen LogP contribution is 2.22. The number of phenols is 1. The SMILES string of the molecule is Cc1ccc(NC(=O)COC(=O)c2cc(Br)ccc2O)c(F)c1. The molecule has 120 valence electrons. The number of nitrogens with one attached hydrogen (secondary N) is 1. The van der Waals surface area contributed by atoms with Gasteiger partial charge >= 0.3 is 5.97 Å². The monoisotopic (exact) mass is 381 g/mol. The first-order valence-corrected chi connectivity index (χ1v) is 7.38. The van der Waals surface area contributed by atoms with Gasteiger partial charge in [-0.05, 0) is 42.8 Å². The van der Waals surface area contributed by atoms with Crippen LogP contribution < -0.4 is 5.32 Å². The molecule has 2 aromatic rings. The Morgan fingerprint density at radius 1 is 1.26 bits per heavy atom. The summed E-state index contributed by atoms with van der Waals surface area (Å²) in [7, 11) is 0. The van der Waals surface area contributed by atoms with Crippen molar-refractivity contribution in [3.8, 4) is 5.75 Å². The number of carbonyl (C=O) groups is 2. The molecule has 2 rings (SSSR count). The molecule has 0 radical (unpaired) electrons. The normalized spacial score (nSPS) is 10.2. The maximum atomic E-state index is 13.6. The van der Waals surface area contributed by atoms with E-state index in [4.69, 9.17) is 4.74 Å². The fraction of sp³-hybridized carbons (Fsp3) is 0.125. The lowest BCUT2D eigenvalue weighted by Crippen LogP contribution is -2.21. The number of anilines is 1. The first kappa shape index (κ1) is 17.0. The summed E-state index contributed by atoms with van der Waals surface area (Å²) in [5, 5.41) is 11.9. The van der Waals surface area contributed by atoms with Crippen molar-refractivity contribution in [2.75, 3.05) is 11.9 Å². The standard InChI is InChI=1S/C16H13BrFNO4/c1-9-2-4-13(12(18)6-9)19-15(21)8-23-16(22)11-7-10(17)3-5-14(11)20/h2-7,20H,8H2,1H3,(H,19,21). The predicted octanol–water partition coefficient (Wildman–Crippen LogP) is 3.40. The molecule has 0 aliphatic heterocycles. The Morgan fingerprint density at radius 3 is 2.70 bits per heavy atom. The van der Waals surface area contributed by atoms with E-state index in [1.807, 2.05) is 0 Å². The van der Waals surface area contributed by atoms with Gasteiger partial charge in [-0.1, -0.05) is 22.0 Å². The van der Waals surface area contributed by atoms with E-state index < -0.39 is 24.3 Å². The van der Waals surface area contributed by atoms with Crippen molar-refractivity contribution in [3.05, 3.63) is 57.8 Å². The minimum atomic E-state index is -0.858. The van der Waals surface area contributed by atoms with Crippen molar-refractivity contribution in [1.82, 2.24) is 0 Å². The number of esters is 1. The van der Waals surface area contributed by atoms with E-state index in [1.165, 1.54) is 24.3 Å². The molecule has 0 bridgehead atoms. The van der Waals surface area contributed by atoms with Crippen LogP contribution in [0.2, 0.25) is 0 Å². The van der Waals surface area contributed by atoms with Crippen LogP contribution in [0.3, 0.4) is 0 Å². The largest absolute Gasteiger partial charge is 0.507 e. The quantitative estimate of drug-likeness (QED) is 0.795. The summed E-state index contributed by atoms with van der Waals surface area (Å²) in [6.45, 7) is 1.12. The number of hydrogen-bond donors (Lipinski definition) is 2. The summed E-state index contributed by atoms with van der Waals surface area (Å²) < 4.78 is 19.0. The number of aryl methyl sites for hydroxylation is 1. The third-order valence-corrected chi connectivity index (χ3v) is 3.40. The molecular weight excluding hydrogens is 369 g/mol. The van der Waals surface area contributed by atoms with Crippen molar-refractivity contribution >= 4 is 33.5 Å². The Hall–Kier alpha value is -2.41. The van der Waals surface area contributed by atoms with Gasteiger partial charge in [0.05, 0.1) is 5.69 Å². The van der Waals surface area contributed by atoms with Crippen LogP contribution in [-0.2, 0) is 9.53 Å². The van der Waals surface area contributed by atoms with E-state index >= 15 is 0 Å². The molecule has 0 spiro atoms. The molecule has 0 aliphatic carbocycles. The molecule has 0 aliphatic rings. The number of halogens is 2. The maximum absolute atomic E-state index is 13.6. The molecule has 5 nitrogen and oxygen atoms in total. The van der Waals surface area contributed by atoms with Gasteiger partial charge in [0, 0.05) is 4.47 Å². The molecule has 0 atom stereocenters.